The largest absolute Gasteiger partial charge is 0.354 e. The number of benzene rings is 1. The lowest BCUT2D eigenvalue weighted by Gasteiger charge is -2.09. The third kappa shape index (κ3) is 3.81. The van der Waals surface area contributed by atoms with E-state index in [1.54, 1.807) is 18.2 Å². The maximum absolute atomic E-state index is 12.0. The quantitative estimate of drug-likeness (QED) is 0.697. The highest BCUT2D eigenvalue weighted by Gasteiger charge is 2.18. The van der Waals surface area contributed by atoms with Gasteiger partial charge in [-0.15, -0.1) is 0 Å². The smallest absolute Gasteiger partial charge is 0.251 e. The van der Waals surface area contributed by atoms with E-state index >= 15 is 0 Å². The van der Waals surface area contributed by atoms with Gasteiger partial charge in [0.1, 0.15) is 0 Å². The van der Waals surface area contributed by atoms with Gasteiger partial charge in [0.25, 0.3) is 5.91 Å². The standard InChI is InChI=1S/C15H19N3O3/c1-9(2)14(20)16-5-6-17-15(21)11-4-3-10-8-13(19)18-12(10)7-11/h3-4,7,9H,5-6,8H2,1-2H3,(H,16,20)(H,17,21)(H,18,19). The van der Waals surface area contributed by atoms with E-state index < -0.39 is 0 Å². The topological polar surface area (TPSA) is 87.3 Å². The van der Waals surface area contributed by atoms with Crippen LogP contribution < -0.4 is 16.0 Å². The number of rotatable bonds is 5. The Kier molecular flexibility index (Phi) is 4.57. The Balaban J connectivity index is 1.83. The normalized spacial score (nSPS) is 12.8. The highest BCUT2D eigenvalue weighted by atomic mass is 16.2. The average Bonchev–Trinajstić information content (AvgIpc) is 2.81. The van der Waals surface area contributed by atoms with E-state index in [0.717, 1.165) is 5.56 Å². The first-order valence-corrected chi connectivity index (χ1v) is 6.96. The average molecular weight is 289 g/mol. The zero-order valence-corrected chi connectivity index (χ0v) is 12.2. The van der Waals surface area contributed by atoms with Gasteiger partial charge in [0.2, 0.25) is 11.8 Å². The van der Waals surface area contributed by atoms with Gasteiger partial charge < -0.3 is 16.0 Å². The van der Waals surface area contributed by atoms with Gasteiger partial charge in [-0.2, -0.15) is 0 Å². The van der Waals surface area contributed by atoms with Crippen LogP contribution in [0.25, 0.3) is 0 Å². The number of fused-ring (bicyclic) bond motifs is 1. The molecule has 3 N–H and O–H groups in total. The van der Waals surface area contributed by atoms with Crippen LogP contribution in [-0.4, -0.2) is 30.8 Å². The summed E-state index contributed by atoms with van der Waals surface area (Å²) in [7, 11) is 0. The van der Waals surface area contributed by atoms with Crippen molar-refractivity contribution in [1.29, 1.82) is 0 Å². The first kappa shape index (κ1) is 15.0. The molecule has 1 aromatic rings. The second-order valence-corrected chi connectivity index (χ2v) is 5.30. The van der Waals surface area contributed by atoms with Crippen LogP contribution in [0.15, 0.2) is 18.2 Å². The van der Waals surface area contributed by atoms with E-state index in [4.69, 9.17) is 0 Å². The van der Waals surface area contributed by atoms with Gasteiger partial charge in [0, 0.05) is 30.3 Å². The molecule has 112 valence electrons. The summed E-state index contributed by atoms with van der Waals surface area (Å²) in [6, 6.07) is 5.14. The Labute approximate surface area is 123 Å². The number of amides is 3. The van der Waals surface area contributed by atoms with Crippen molar-refractivity contribution >= 4 is 23.4 Å². The fraction of sp³-hybridized carbons (Fsp3) is 0.400. The second-order valence-electron chi connectivity index (χ2n) is 5.30. The minimum absolute atomic E-state index is 0.0375. The fourth-order valence-electron chi connectivity index (χ4n) is 2.02. The molecule has 21 heavy (non-hydrogen) atoms. The van der Waals surface area contributed by atoms with Crippen molar-refractivity contribution in [3.63, 3.8) is 0 Å². The molecule has 2 rings (SSSR count). The van der Waals surface area contributed by atoms with E-state index in [1.807, 2.05) is 13.8 Å². The first-order chi connectivity index (χ1) is 9.97. The van der Waals surface area contributed by atoms with Crippen LogP contribution in [0.2, 0.25) is 0 Å². The summed E-state index contributed by atoms with van der Waals surface area (Å²) in [5, 5.41) is 8.17. The van der Waals surface area contributed by atoms with Crippen LogP contribution in [0.3, 0.4) is 0 Å². The lowest BCUT2D eigenvalue weighted by molar-refractivity contribution is -0.124. The van der Waals surface area contributed by atoms with Crippen molar-refractivity contribution in [2.75, 3.05) is 18.4 Å². The number of carbonyl (C=O) groups excluding carboxylic acids is 3. The van der Waals surface area contributed by atoms with E-state index in [2.05, 4.69) is 16.0 Å². The zero-order chi connectivity index (χ0) is 15.4. The van der Waals surface area contributed by atoms with Crippen LogP contribution in [0.5, 0.6) is 0 Å². The summed E-state index contributed by atoms with van der Waals surface area (Å²) in [6.07, 6.45) is 0.360. The van der Waals surface area contributed by atoms with Gasteiger partial charge in [-0.25, -0.2) is 0 Å². The molecule has 0 aliphatic carbocycles. The summed E-state index contributed by atoms with van der Waals surface area (Å²) < 4.78 is 0. The van der Waals surface area contributed by atoms with E-state index in [0.29, 0.717) is 30.8 Å². The molecule has 0 bridgehead atoms. The van der Waals surface area contributed by atoms with Crippen LogP contribution in [0.4, 0.5) is 5.69 Å². The van der Waals surface area contributed by atoms with Gasteiger partial charge in [0.15, 0.2) is 0 Å². The maximum Gasteiger partial charge on any atom is 0.251 e. The molecule has 6 nitrogen and oxygen atoms in total. The summed E-state index contributed by atoms with van der Waals surface area (Å²) in [5.41, 5.74) is 2.09. The molecule has 1 aromatic carbocycles. The Hall–Kier alpha value is -2.37. The molecule has 0 aromatic heterocycles. The molecule has 0 radical (unpaired) electrons. The van der Waals surface area contributed by atoms with Gasteiger partial charge in [-0.1, -0.05) is 19.9 Å². The summed E-state index contributed by atoms with van der Waals surface area (Å²) in [5.74, 6) is -0.387. The highest BCUT2D eigenvalue weighted by Crippen LogP contribution is 2.23. The lowest BCUT2D eigenvalue weighted by Crippen LogP contribution is -2.36. The van der Waals surface area contributed by atoms with Crippen LogP contribution in [0.1, 0.15) is 29.8 Å². The molecule has 0 saturated carbocycles. The molecule has 1 aliphatic heterocycles. The first-order valence-electron chi connectivity index (χ1n) is 6.96. The number of nitrogens with one attached hydrogen (secondary N) is 3. The molecule has 0 saturated heterocycles. The van der Waals surface area contributed by atoms with Crippen LogP contribution in [-0.2, 0) is 16.0 Å². The fourth-order valence-corrected chi connectivity index (χ4v) is 2.02. The predicted octanol–water partition coefficient (Wildman–Crippen LogP) is 0.683. The Morgan fingerprint density at radius 3 is 2.67 bits per heavy atom. The monoisotopic (exact) mass is 289 g/mol. The Bertz CT molecular complexity index is 582. The predicted molar refractivity (Wildman–Crippen MR) is 79.0 cm³/mol. The number of hydrogen-bond acceptors (Lipinski definition) is 3. The zero-order valence-electron chi connectivity index (χ0n) is 12.2. The van der Waals surface area contributed by atoms with Crippen molar-refractivity contribution in [2.45, 2.75) is 20.3 Å². The number of anilines is 1. The lowest BCUT2D eigenvalue weighted by atomic mass is 10.1. The molecule has 0 unspecified atom stereocenters. The van der Waals surface area contributed by atoms with Crippen molar-refractivity contribution in [2.24, 2.45) is 5.92 Å². The minimum Gasteiger partial charge on any atom is -0.354 e. The number of hydrogen-bond donors (Lipinski definition) is 3. The SMILES string of the molecule is CC(C)C(=O)NCCNC(=O)c1ccc2c(c1)NC(=O)C2. The molecule has 0 fully saturated rings. The molecule has 1 heterocycles. The summed E-state index contributed by atoms with van der Waals surface area (Å²) >= 11 is 0. The molecule has 0 atom stereocenters. The molecule has 1 aliphatic rings. The van der Waals surface area contributed by atoms with Crippen LogP contribution in [0, 0.1) is 5.92 Å². The van der Waals surface area contributed by atoms with Crippen molar-refractivity contribution < 1.29 is 14.4 Å². The van der Waals surface area contributed by atoms with Gasteiger partial charge in [-0.3, -0.25) is 14.4 Å². The molecule has 3 amide bonds. The van der Waals surface area contributed by atoms with Gasteiger partial charge in [0.05, 0.1) is 6.42 Å². The minimum atomic E-state index is -0.224. The van der Waals surface area contributed by atoms with E-state index in [9.17, 15) is 14.4 Å². The highest BCUT2D eigenvalue weighted by molar-refractivity contribution is 6.02. The van der Waals surface area contributed by atoms with Crippen molar-refractivity contribution in [1.82, 2.24) is 10.6 Å². The summed E-state index contributed by atoms with van der Waals surface area (Å²) in [4.78, 5) is 34.6. The summed E-state index contributed by atoms with van der Waals surface area (Å²) in [6.45, 7) is 4.38. The third-order valence-corrected chi connectivity index (χ3v) is 3.23. The molecule has 6 heteroatoms. The third-order valence-electron chi connectivity index (χ3n) is 3.23. The molecular formula is C15H19N3O3. The van der Waals surface area contributed by atoms with Crippen molar-refractivity contribution in [3.05, 3.63) is 29.3 Å². The van der Waals surface area contributed by atoms with Gasteiger partial charge >= 0.3 is 0 Å². The van der Waals surface area contributed by atoms with Crippen molar-refractivity contribution in [3.8, 4) is 0 Å². The van der Waals surface area contributed by atoms with Gasteiger partial charge in [-0.05, 0) is 17.7 Å². The molecule has 0 spiro atoms. The number of carbonyl (C=O) groups is 3. The maximum atomic E-state index is 12.0. The Morgan fingerprint density at radius 2 is 1.95 bits per heavy atom. The second kappa shape index (κ2) is 6.39. The van der Waals surface area contributed by atoms with E-state index in [-0.39, 0.29) is 23.6 Å². The van der Waals surface area contributed by atoms with E-state index in [1.165, 1.54) is 0 Å². The Morgan fingerprint density at radius 1 is 1.24 bits per heavy atom. The van der Waals surface area contributed by atoms with Crippen LogP contribution >= 0.6 is 0 Å². The molecular weight excluding hydrogens is 270 g/mol.